The Morgan fingerprint density at radius 3 is 2.55 bits per heavy atom. The molecule has 0 amide bonds. The molecule has 0 atom stereocenters. The summed E-state index contributed by atoms with van der Waals surface area (Å²) < 4.78 is 2.39. The standard InChI is InChI=1S/C16H28N4/c1-16(2,3)15-13-11-17-8-5-14(13)20(18-15)12-6-9-19(4)10-7-12/h12,17H,5-11H2,1-4H3. The van der Waals surface area contributed by atoms with Gasteiger partial charge < -0.3 is 10.2 Å². The number of hydrogen-bond donors (Lipinski definition) is 1. The van der Waals surface area contributed by atoms with Crippen LogP contribution < -0.4 is 5.32 Å². The lowest BCUT2D eigenvalue weighted by Crippen LogP contribution is -2.33. The lowest BCUT2D eigenvalue weighted by Gasteiger charge is -2.30. The van der Waals surface area contributed by atoms with E-state index in [1.807, 2.05) is 0 Å². The number of piperidine rings is 1. The molecule has 0 aliphatic carbocycles. The van der Waals surface area contributed by atoms with Gasteiger partial charge in [0, 0.05) is 36.2 Å². The van der Waals surface area contributed by atoms with Crippen molar-refractivity contribution in [2.24, 2.45) is 0 Å². The second-order valence-electron chi connectivity index (χ2n) is 7.43. The van der Waals surface area contributed by atoms with E-state index in [2.05, 4.69) is 42.7 Å². The fraction of sp³-hybridized carbons (Fsp3) is 0.812. The molecular weight excluding hydrogens is 248 g/mol. The van der Waals surface area contributed by atoms with E-state index in [0.29, 0.717) is 6.04 Å². The minimum Gasteiger partial charge on any atom is -0.312 e. The highest BCUT2D eigenvalue weighted by molar-refractivity contribution is 5.33. The van der Waals surface area contributed by atoms with Gasteiger partial charge in [0.2, 0.25) is 0 Å². The highest BCUT2D eigenvalue weighted by Crippen LogP contribution is 2.32. The predicted octanol–water partition coefficient (Wildman–Crippen LogP) is 2.09. The molecule has 3 rings (SSSR count). The summed E-state index contributed by atoms with van der Waals surface area (Å²) in [5.74, 6) is 0. The molecule has 4 nitrogen and oxygen atoms in total. The number of nitrogens with one attached hydrogen (secondary N) is 1. The summed E-state index contributed by atoms with van der Waals surface area (Å²) in [6, 6.07) is 0.606. The zero-order valence-electron chi connectivity index (χ0n) is 13.4. The minimum atomic E-state index is 0.139. The van der Waals surface area contributed by atoms with Gasteiger partial charge >= 0.3 is 0 Å². The summed E-state index contributed by atoms with van der Waals surface area (Å²) >= 11 is 0. The average Bonchev–Trinajstić information content (AvgIpc) is 2.79. The second-order valence-corrected chi connectivity index (χ2v) is 7.43. The van der Waals surface area contributed by atoms with Crippen LogP contribution in [0.25, 0.3) is 0 Å². The molecule has 0 aromatic carbocycles. The first-order valence-electron chi connectivity index (χ1n) is 7.97. The summed E-state index contributed by atoms with van der Waals surface area (Å²) in [4.78, 5) is 2.43. The number of hydrogen-bond acceptors (Lipinski definition) is 3. The lowest BCUT2D eigenvalue weighted by atomic mass is 9.87. The van der Waals surface area contributed by atoms with E-state index < -0.39 is 0 Å². The van der Waals surface area contributed by atoms with Crippen molar-refractivity contribution in [2.75, 3.05) is 26.7 Å². The molecule has 1 saturated heterocycles. The van der Waals surface area contributed by atoms with Crippen LogP contribution in [0.5, 0.6) is 0 Å². The lowest BCUT2D eigenvalue weighted by molar-refractivity contribution is 0.208. The molecule has 0 bridgehead atoms. The molecule has 0 spiro atoms. The molecule has 2 aliphatic heterocycles. The van der Waals surface area contributed by atoms with Crippen LogP contribution in [0.2, 0.25) is 0 Å². The normalized spacial score (nSPS) is 22.0. The zero-order chi connectivity index (χ0) is 14.3. The van der Waals surface area contributed by atoms with Crippen LogP contribution >= 0.6 is 0 Å². The Kier molecular flexibility index (Phi) is 3.63. The van der Waals surface area contributed by atoms with Gasteiger partial charge in [-0.25, -0.2) is 0 Å². The number of rotatable bonds is 1. The zero-order valence-corrected chi connectivity index (χ0v) is 13.4. The van der Waals surface area contributed by atoms with Gasteiger partial charge in [-0.1, -0.05) is 20.8 Å². The van der Waals surface area contributed by atoms with Gasteiger partial charge in [0.15, 0.2) is 0 Å². The molecule has 0 saturated carbocycles. The van der Waals surface area contributed by atoms with Crippen molar-refractivity contribution in [3.05, 3.63) is 17.0 Å². The van der Waals surface area contributed by atoms with E-state index in [4.69, 9.17) is 5.10 Å². The quantitative estimate of drug-likeness (QED) is 0.852. The van der Waals surface area contributed by atoms with Crippen LogP contribution in [0.4, 0.5) is 0 Å². The first-order valence-corrected chi connectivity index (χ1v) is 7.97. The molecule has 1 fully saturated rings. The molecule has 1 aromatic rings. The molecule has 4 heteroatoms. The molecule has 1 N–H and O–H groups in total. The third kappa shape index (κ3) is 2.51. The van der Waals surface area contributed by atoms with Crippen molar-refractivity contribution < 1.29 is 0 Å². The van der Waals surface area contributed by atoms with Gasteiger partial charge in [0.25, 0.3) is 0 Å². The van der Waals surface area contributed by atoms with Crippen LogP contribution in [-0.2, 0) is 18.4 Å². The molecule has 0 unspecified atom stereocenters. The van der Waals surface area contributed by atoms with Gasteiger partial charge in [-0.2, -0.15) is 5.10 Å². The van der Waals surface area contributed by atoms with Gasteiger partial charge in [0.05, 0.1) is 11.7 Å². The Hall–Kier alpha value is -0.870. The summed E-state index contributed by atoms with van der Waals surface area (Å²) in [5, 5.41) is 8.59. The fourth-order valence-corrected chi connectivity index (χ4v) is 3.52. The van der Waals surface area contributed by atoms with Crippen molar-refractivity contribution in [1.82, 2.24) is 20.0 Å². The smallest absolute Gasteiger partial charge is 0.0725 e. The van der Waals surface area contributed by atoms with Crippen molar-refractivity contribution in [1.29, 1.82) is 0 Å². The van der Waals surface area contributed by atoms with Gasteiger partial charge in [-0.05, 0) is 33.0 Å². The SMILES string of the molecule is CN1CCC(n2nc(C(C)(C)C)c3c2CCNC3)CC1. The molecule has 112 valence electrons. The average molecular weight is 276 g/mol. The fourth-order valence-electron chi connectivity index (χ4n) is 3.52. The van der Waals surface area contributed by atoms with Crippen LogP contribution in [0.3, 0.4) is 0 Å². The van der Waals surface area contributed by atoms with Crippen molar-refractivity contribution in [3.8, 4) is 0 Å². The third-order valence-electron chi connectivity index (χ3n) is 4.70. The summed E-state index contributed by atoms with van der Waals surface area (Å²) in [7, 11) is 2.22. The molecule has 2 aliphatic rings. The topological polar surface area (TPSA) is 33.1 Å². The Morgan fingerprint density at radius 1 is 1.20 bits per heavy atom. The molecule has 3 heterocycles. The van der Waals surface area contributed by atoms with E-state index in [1.165, 1.54) is 42.9 Å². The highest BCUT2D eigenvalue weighted by Gasteiger charge is 2.31. The Bertz CT molecular complexity index is 475. The molecule has 1 aromatic heterocycles. The van der Waals surface area contributed by atoms with Crippen molar-refractivity contribution in [3.63, 3.8) is 0 Å². The summed E-state index contributed by atoms with van der Waals surface area (Å²) in [5.41, 5.74) is 4.42. The van der Waals surface area contributed by atoms with E-state index in [9.17, 15) is 0 Å². The summed E-state index contributed by atoms with van der Waals surface area (Å²) in [6.07, 6.45) is 3.61. The van der Waals surface area contributed by atoms with Gasteiger partial charge in [0.1, 0.15) is 0 Å². The van der Waals surface area contributed by atoms with Crippen LogP contribution in [0.1, 0.15) is 56.6 Å². The number of fused-ring (bicyclic) bond motifs is 1. The van der Waals surface area contributed by atoms with Crippen LogP contribution in [0.15, 0.2) is 0 Å². The van der Waals surface area contributed by atoms with E-state index in [-0.39, 0.29) is 5.41 Å². The molecule has 0 radical (unpaired) electrons. The van der Waals surface area contributed by atoms with Crippen LogP contribution in [0, 0.1) is 0 Å². The van der Waals surface area contributed by atoms with Gasteiger partial charge in [-0.15, -0.1) is 0 Å². The number of aromatic nitrogens is 2. The largest absolute Gasteiger partial charge is 0.312 e. The molecular formula is C16H28N4. The van der Waals surface area contributed by atoms with Gasteiger partial charge in [-0.3, -0.25) is 4.68 Å². The first-order chi connectivity index (χ1) is 9.47. The number of likely N-dealkylation sites (tertiary alicyclic amines) is 1. The maximum absolute atomic E-state index is 5.07. The minimum absolute atomic E-state index is 0.139. The Morgan fingerprint density at radius 2 is 1.90 bits per heavy atom. The second kappa shape index (κ2) is 5.15. The van der Waals surface area contributed by atoms with E-state index in [0.717, 1.165) is 19.5 Å². The van der Waals surface area contributed by atoms with E-state index in [1.54, 1.807) is 0 Å². The van der Waals surface area contributed by atoms with Crippen LogP contribution in [-0.4, -0.2) is 41.4 Å². The van der Waals surface area contributed by atoms with Crippen molar-refractivity contribution in [2.45, 2.75) is 58.0 Å². The summed E-state index contributed by atoms with van der Waals surface area (Å²) in [6.45, 7) is 11.3. The van der Waals surface area contributed by atoms with Crippen molar-refractivity contribution >= 4 is 0 Å². The Labute approximate surface area is 122 Å². The van der Waals surface area contributed by atoms with E-state index >= 15 is 0 Å². The maximum atomic E-state index is 5.07. The highest BCUT2D eigenvalue weighted by atomic mass is 15.3. The monoisotopic (exact) mass is 276 g/mol. The molecule has 20 heavy (non-hydrogen) atoms. The maximum Gasteiger partial charge on any atom is 0.0725 e. The number of nitrogens with zero attached hydrogens (tertiary/aromatic N) is 3. The first kappa shape index (κ1) is 14.1. The predicted molar refractivity (Wildman–Crippen MR) is 82.1 cm³/mol. The third-order valence-corrected chi connectivity index (χ3v) is 4.70. The Balaban J connectivity index is 1.96.